The van der Waals surface area contributed by atoms with Crippen molar-refractivity contribution in [2.75, 3.05) is 6.61 Å². The zero-order valence-electron chi connectivity index (χ0n) is 12.5. The molecule has 0 aliphatic carbocycles. The minimum Gasteiger partial charge on any atom is -0.491 e. The molecule has 0 aliphatic rings. The van der Waals surface area contributed by atoms with Crippen molar-refractivity contribution in [2.24, 2.45) is 0 Å². The minimum absolute atomic E-state index is 0.204. The molecule has 0 aromatic heterocycles. The fraction of sp³-hybridized carbons (Fsp3) is 0.625. The van der Waals surface area contributed by atoms with Crippen LogP contribution in [0, 0.1) is 0 Å². The van der Waals surface area contributed by atoms with E-state index < -0.39 is 0 Å². The van der Waals surface area contributed by atoms with Crippen LogP contribution in [0.15, 0.2) is 24.3 Å². The first-order valence-electron chi connectivity index (χ1n) is 7.20. The largest absolute Gasteiger partial charge is 0.491 e. The van der Waals surface area contributed by atoms with Crippen LogP contribution >= 0.6 is 0 Å². The number of aliphatic hydroxyl groups is 1. The van der Waals surface area contributed by atoms with Gasteiger partial charge in [-0.2, -0.15) is 0 Å². The molecule has 0 radical (unpaired) electrons. The van der Waals surface area contributed by atoms with E-state index in [0.717, 1.165) is 18.6 Å². The number of rotatable bonds is 8. The molecule has 3 nitrogen and oxygen atoms in total. The molecule has 0 saturated heterocycles. The zero-order valence-corrected chi connectivity index (χ0v) is 12.5. The molecule has 0 aliphatic heterocycles. The summed E-state index contributed by atoms with van der Waals surface area (Å²) in [6.07, 6.45) is 2.03. The third-order valence-corrected chi connectivity index (χ3v) is 3.21. The van der Waals surface area contributed by atoms with Gasteiger partial charge in [-0.05, 0) is 51.3 Å². The lowest BCUT2D eigenvalue weighted by molar-refractivity contribution is 0.242. The zero-order chi connectivity index (χ0) is 14.3. The van der Waals surface area contributed by atoms with Crippen LogP contribution in [-0.2, 0) is 0 Å². The fourth-order valence-electron chi connectivity index (χ4n) is 2.12. The lowest BCUT2D eigenvalue weighted by atomic mass is 10.1. The standard InChI is InChI=1S/C16H27NO2/c1-5-15(10-11-18)17-13(4)14-6-8-16(9-7-14)19-12(2)3/h6-9,12-13,15,17-18H,5,10-11H2,1-4H3. The molecule has 0 heterocycles. The summed E-state index contributed by atoms with van der Waals surface area (Å²) in [5.41, 5.74) is 1.24. The number of hydrogen-bond donors (Lipinski definition) is 2. The molecule has 1 aromatic rings. The summed E-state index contributed by atoms with van der Waals surface area (Å²) in [7, 11) is 0. The van der Waals surface area contributed by atoms with Gasteiger partial charge in [0.05, 0.1) is 6.10 Å². The lowest BCUT2D eigenvalue weighted by Gasteiger charge is -2.22. The van der Waals surface area contributed by atoms with Gasteiger partial charge in [-0.3, -0.25) is 0 Å². The van der Waals surface area contributed by atoms with Crippen LogP contribution < -0.4 is 10.1 Å². The normalized spacial score (nSPS) is 14.4. The minimum atomic E-state index is 0.204. The molecule has 0 fully saturated rings. The van der Waals surface area contributed by atoms with Crippen molar-refractivity contribution in [1.29, 1.82) is 0 Å². The number of hydrogen-bond acceptors (Lipinski definition) is 3. The average Bonchev–Trinajstić information content (AvgIpc) is 2.38. The van der Waals surface area contributed by atoms with Crippen molar-refractivity contribution in [2.45, 2.75) is 58.7 Å². The van der Waals surface area contributed by atoms with E-state index in [0.29, 0.717) is 6.04 Å². The Morgan fingerprint density at radius 2 is 1.79 bits per heavy atom. The predicted octanol–water partition coefficient (Wildman–Crippen LogP) is 3.29. The van der Waals surface area contributed by atoms with Gasteiger partial charge in [-0.25, -0.2) is 0 Å². The molecule has 108 valence electrons. The average molecular weight is 265 g/mol. The van der Waals surface area contributed by atoms with Gasteiger partial charge >= 0.3 is 0 Å². The van der Waals surface area contributed by atoms with Gasteiger partial charge in [-0.15, -0.1) is 0 Å². The Bertz CT molecular complexity index is 348. The molecule has 0 saturated carbocycles. The van der Waals surface area contributed by atoms with E-state index in [1.807, 2.05) is 26.0 Å². The molecule has 0 spiro atoms. The fourth-order valence-corrected chi connectivity index (χ4v) is 2.12. The van der Waals surface area contributed by atoms with Gasteiger partial charge in [0, 0.05) is 18.7 Å². The van der Waals surface area contributed by atoms with E-state index in [1.165, 1.54) is 5.56 Å². The Kier molecular flexibility index (Phi) is 6.89. The number of ether oxygens (including phenoxy) is 1. The van der Waals surface area contributed by atoms with Crippen molar-refractivity contribution in [3.63, 3.8) is 0 Å². The van der Waals surface area contributed by atoms with Gasteiger partial charge in [0.15, 0.2) is 0 Å². The Labute approximate surface area is 117 Å². The highest BCUT2D eigenvalue weighted by atomic mass is 16.5. The van der Waals surface area contributed by atoms with E-state index in [1.54, 1.807) is 0 Å². The quantitative estimate of drug-likeness (QED) is 0.758. The number of nitrogens with one attached hydrogen (secondary N) is 1. The molecule has 19 heavy (non-hydrogen) atoms. The van der Waals surface area contributed by atoms with Crippen LogP contribution in [-0.4, -0.2) is 23.9 Å². The van der Waals surface area contributed by atoms with Gasteiger partial charge in [0.25, 0.3) is 0 Å². The topological polar surface area (TPSA) is 41.5 Å². The van der Waals surface area contributed by atoms with Crippen molar-refractivity contribution in [3.8, 4) is 5.75 Å². The van der Waals surface area contributed by atoms with E-state index >= 15 is 0 Å². The molecular weight excluding hydrogens is 238 g/mol. The Morgan fingerprint density at radius 3 is 2.26 bits per heavy atom. The summed E-state index contributed by atoms with van der Waals surface area (Å²) < 4.78 is 5.64. The van der Waals surface area contributed by atoms with Gasteiger partial charge in [-0.1, -0.05) is 19.1 Å². The van der Waals surface area contributed by atoms with E-state index in [4.69, 9.17) is 9.84 Å². The smallest absolute Gasteiger partial charge is 0.119 e. The van der Waals surface area contributed by atoms with Crippen molar-refractivity contribution >= 4 is 0 Å². The third-order valence-electron chi connectivity index (χ3n) is 3.21. The molecular formula is C16H27NO2. The monoisotopic (exact) mass is 265 g/mol. The Morgan fingerprint density at radius 1 is 1.16 bits per heavy atom. The van der Waals surface area contributed by atoms with E-state index in [9.17, 15) is 0 Å². The summed E-state index contributed by atoms with van der Waals surface area (Å²) in [5, 5.41) is 12.6. The van der Waals surface area contributed by atoms with E-state index in [2.05, 4.69) is 31.3 Å². The van der Waals surface area contributed by atoms with Crippen LogP contribution in [0.3, 0.4) is 0 Å². The Balaban J connectivity index is 2.59. The first-order chi connectivity index (χ1) is 9.06. The Hall–Kier alpha value is -1.06. The maximum absolute atomic E-state index is 9.01. The maximum atomic E-state index is 9.01. The van der Waals surface area contributed by atoms with Gasteiger partial charge in [0.1, 0.15) is 5.75 Å². The highest BCUT2D eigenvalue weighted by molar-refractivity contribution is 5.29. The summed E-state index contributed by atoms with van der Waals surface area (Å²) >= 11 is 0. The number of aliphatic hydroxyl groups excluding tert-OH is 1. The van der Waals surface area contributed by atoms with Gasteiger partial charge < -0.3 is 15.2 Å². The first kappa shape index (κ1) is 16.0. The third kappa shape index (κ3) is 5.62. The highest BCUT2D eigenvalue weighted by Crippen LogP contribution is 2.19. The molecule has 2 atom stereocenters. The summed E-state index contributed by atoms with van der Waals surface area (Å²) in [5.74, 6) is 0.911. The molecule has 2 unspecified atom stereocenters. The summed E-state index contributed by atoms with van der Waals surface area (Å²) in [6, 6.07) is 8.87. The molecule has 0 amide bonds. The highest BCUT2D eigenvalue weighted by Gasteiger charge is 2.11. The van der Waals surface area contributed by atoms with Gasteiger partial charge in [0.2, 0.25) is 0 Å². The predicted molar refractivity (Wildman–Crippen MR) is 79.5 cm³/mol. The second-order valence-electron chi connectivity index (χ2n) is 5.24. The second-order valence-corrected chi connectivity index (χ2v) is 5.24. The van der Waals surface area contributed by atoms with Crippen LogP contribution in [0.2, 0.25) is 0 Å². The van der Waals surface area contributed by atoms with Crippen LogP contribution in [0.25, 0.3) is 0 Å². The summed E-state index contributed by atoms with van der Waals surface area (Å²) in [4.78, 5) is 0. The van der Waals surface area contributed by atoms with Crippen LogP contribution in [0.4, 0.5) is 0 Å². The van der Waals surface area contributed by atoms with E-state index in [-0.39, 0.29) is 18.8 Å². The molecule has 2 N–H and O–H groups in total. The molecule has 1 aromatic carbocycles. The van der Waals surface area contributed by atoms with Crippen LogP contribution in [0.5, 0.6) is 5.75 Å². The maximum Gasteiger partial charge on any atom is 0.119 e. The van der Waals surface area contributed by atoms with Crippen molar-refractivity contribution in [3.05, 3.63) is 29.8 Å². The molecule has 0 bridgehead atoms. The molecule has 3 heteroatoms. The van der Waals surface area contributed by atoms with Crippen LogP contribution in [0.1, 0.15) is 52.1 Å². The molecule has 1 rings (SSSR count). The van der Waals surface area contributed by atoms with Crippen molar-refractivity contribution in [1.82, 2.24) is 5.32 Å². The van der Waals surface area contributed by atoms with Crippen molar-refractivity contribution < 1.29 is 9.84 Å². The number of benzene rings is 1. The first-order valence-corrected chi connectivity index (χ1v) is 7.20. The SMILES string of the molecule is CCC(CCO)NC(C)c1ccc(OC(C)C)cc1. The second kappa shape index (κ2) is 8.18. The lowest BCUT2D eigenvalue weighted by Crippen LogP contribution is -2.31. The summed E-state index contributed by atoms with van der Waals surface area (Å²) in [6.45, 7) is 8.58.